The monoisotopic (exact) mass is 640 g/mol. The Morgan fingerprint density at radius 3 is 1.51 bits per heavy atom. The van der Waals surface area contributed by atoms with Gasteiger partial charge in [-0.1, -0.05) is 0 Å². The van der Waals surface area contributed by atoms with Crippen molar-refractivity contribution in [3.8, 4) is 11.1 Å². The van der Waals surface area contributed by atoms with Gasteiger partial charge in [0.15, 0.2) is 0 Å². The van der Waals surface area contributed by atoms with Crippen molar-refractivity contribution < 1.29 is 21.3 Å². The summed E-state index contributed by atoms with van der Waals surface area (Å²) in [6.45, 7) is 18.8. The minimum absolute atomic E-state index is 0.0961. The van der Waals surface area contributed by atoms with Gasteiger partial charge < -0.3 is 0 Å². The topological polar surface area (TPSA) is 0 Å². The molecule has 0 saturated carbocycles. The Morgan fingerprint density at radius 2 is 1.12 bits per heavy atom. The summed E-state index contributed by atoms with van der Waals surface area (Å²) in [5.41, 5.74) is 13.4. The van der Waals surface area contributed by atoms with Crippen LogP contribution >= 0.6 is 0 Å². The quantitative estimate of drug-likeness (QED) is 0.203. The van der Waals surface area contributed by atoms with Gasteiger partial charge in [-0.25, -0.2) is 0 Å². The maximum absolute atomic E-state index is 2.75. The van der Waals surface area contributed by atoms with Gasteiger partial charge in [-0.2, -0.15) is 0 Å². The second-order valence-corrected chi connectivity index (χ2v) is 21.1. The number of fused-ring (bicyclic) bond motifs is 3. The molecule has 0 heterocycles. The van der Waals surface area contributed by atoms with Crippen LogP contribution < -0.4 is 0 Å². The van der Waals surface area contributed by atoms with Gasteiger partial charge in [0.2, 0.25) is 0 Å². The molecule has 2 aliphatic rings. The van der Waals surface area contributed by atoms with Crippen molar-refractivity contribution in [2.24, 2.45) is 5.92 Å². The molecule has 0 N–H and O–H groups in total. The van der Waals surface area contributed by atoms with Crippen molar-refractivity contribution in [1.82, 2.24) is 0 Å². The number of benzene rings is 4. The van der Waals surface area contributed by atoms with Gasteiger partial charge in [-0.15, -0.1) is 0 Å². The molecule has 0 radical (unpaired) electrons. The Labute approximate surface area is 267 Å². The molecule has 0 saturated heterocycles. The fourth-order valence-corrected chi connectivity index (χ4v) is 15.9. The van der Waals surface area contributed by atoms with Crippen molar-refractivity contribution >= 4 is 3.21 Å². The van der Waals surface area contributed by atoms with Crippen LogP contribution in [0.4, 0.5) is 0 Å². The van der Waals surface area contributed by atoms with Gasteiger partial charge in [0.05, 0.1) is 0 Å². The van der Waals surface area contributed by atoms with Gasteiger partial charge in [-0.05, 0) is 0 Å². The molecule has 0 atom stereocenters. The average Bonchev–Trinajstić information content (AvgIpc) is 3.59. The van der Waals surface area contributed by atoms with E-state index in [1.165, 1.54) is 39.0 Å². The van der Waals surface area contributed by atoms with Crippen LogP contribution in [-0.4, -0.2) is 3.21 Å². The van der Waals surface area contributed by atoms with Crippen LogP contribution in [0.25, 0.3) is 11.1 Å². The Hall–Kier alpha value is -2.89. The fraction of sp³-hybridized carbons (Fsp3) is 0.310. The first-order chi connectivity index (χ1) is 20.4. The van der Waals surface area contributed by atoms with Crippen LogP contribution in [0.15, 0.2) is 118 Å². The van der Waals surface area contributed by atoms with Gasteiger partial charge in [0, 0.05) is 0 Å². The third-order valence-electron chi connectivity index (χ3n) is 9.34. The van der Waals surface area contributed by atoms with Gasteiger partial charge in [-0.3, -0.25) is 0 Å². The van der Waals surface area contributed by atoms with E-state index in [-0.39, 0.29) is 10.8 Å². The second kappa shape index (κ2) is 11.6. The van der Waals surface area contributed by atoms with Crippen molar-refractivity contribution in [2.75, 3.05) is 0 Å². The Morgan fingerprint density at radius 1 is 0.651 bits per heavy atom. The molecule has 4 aromatic rings. The summed E-state index contributed by atoms with van der Waals surface area (Å²) in [4.78, 5) is 0. The predicted octanol–water partition coefficient (Wildman–Crippen LogP) is 11.1. The first-order valence-corrected chi connectivity index (χ1v) is 19.9. The zero-order valence-corrected chi connectivity index (χ0v) is 29.7. The number of allylic oxidation sites excluding steroid dienone is 4. The molecule has 6 rings (SSSR count). The molecule has 0 fully saturated rings. The number of hydrogen-bond acceptors (Lipinski definition) is 0. The van der Waals surface area contributed by atoms with Gasteiger partial charge in [0.1, 0.15) is 0 Å². The molecule has 0 nitrogen and oxygen atoms in total. The summed E-state index contributed by atoms with van der Waals surface area (Å²) < 4.78 is 3.76. The van der Waals surface area contributed by atoms with Crippen LogP contribution in [0.3, 0.4) is 0 Å². The van der Waals surface area contributed by atoms with E-state index < -0.39 is 21.3 Å². The van der Waals surface area contributed by atoms with Crippen molar-refractivity contribution in [3.05, 3.63) is 151 Å². The molecule has 43 heavy (non-hydrogen) atoms. The summed E-state index contributed by atoms with van der Waals surface area (Å²) in [5.74, 6) is 0.544. The molecule has 0 amide bonds. The zero-order chi connectivity index (χ0) is 30.5. The van der Waals surface area contributed by atoms with Crippen molar-refractivity contribution in [3.63, 3.8) is 0 Å². The summed E-state index contributed by atoms with van der Waals surface area (Å²) in [5, 5.41) is 0. The standard InChI is InChI=1S/C21H25.C13H10.C8H11.Zr/c1-20(2,3)16-7-9-18-14(12-16)11-15-13-17(21(4,5)6)8-10-19(15)18;1-3-7-12(8-4-1)11-13-9-5-2-6-10-13;1-7(2)8-5-3-4-6-8;/h7-13H,1-6H3;1-10H;5-7H,3H2,1-2H3;. The molecule has 0 spiro atoms. The van der Waals surface area contributed by atoms with E-state index in [1.54, 1.807) is 17.6 Å². The molecule has 1 heteroatoms. The summed E-state index contributed by atoms with van der Waals surface area (Å²) in [7, 11) is 0. The average molecular weight is 642 g/mol. The maximum atomic E-state index is 2.63. The van der Waals surface area contributed by atoms with E-state index in [0.29, 0.717) is 9.54 Å². The molecule has 0 unspecified atom stereocenters. The first kappa shape index (κ1) is 30.2. The van der Waals surface area contributed by atoms with E-state index in [4.69, 9.17) is 0 Å². The van der Waals surface area contributed by atoms with Crippen LogP contribution in [0.5, 0.6) is 0 Å². The Kier molecular flexibility index (Phi) is 8.10. The van der Waals surface area contributed by atoms with E-state index in [1.807, 2.05) is 0 Å². The summed E-state index contributed by atoms with van der Waals surface area (Å²) in [6, 6.07) is 37.5. The third-order valence-corrected chi connectivity index (χ3v) is 17.6. The van der Waals surface area contributed by atoms with Crippen LogP contribution in [0, 0.1) is 5.92 Å². The predicted molar refractivity (Wildman–Crippen MR) is 183 cm³/mol. The third kappa shape index (κ3) is 5.83. The molecule has 218 valence electrons. The molecule has 0 bridgehead atoms. The molecule has 0 aromatic heterocycles. The van der Waals surface area contributed by atoms with Gasteiger partial charge in [0.25, 0.3) is 0 Å². The Bertz CT molecular complexity index is 1640. The number of rotatable bonds is 5. The first-order valence-electron chi connectivity index (χ1n) is 16.0. The summed E-state index contributed by atoms with van der Waals surface area (Å²) in [6.07, 6.45) is 6.25. The fourth-order valence-electron chi connectivity index (χ4n) is 6.82. The van der Waals surface area contributed by atoms with Crippen LogP contribution in [0.2, 0.25) is 0 Å². The minimum atomic E-state index is -2.75. The molecular formula is C42H46Zr. The molecule has 2 aliphatic carbocycles. The van der Waals surface area contributed by atoms with E-state index in [2.05, 4.69) is 165 Å². The van der Waals surface area contributed by atoms with Gasteiger partial charge >= 0.3 is 269 Å². The molecular weight excluding hydrogens is 596 g/mol. The molecule has 0 aliphatic heterocycles. The zero-order valence-electron chi connectivity index (χ0n) is 27.3. The summed E-state index contributed by atoms with van der Waals surface area (Å²) >= 11 is -2.75. The normalized spacial score (nSPS) is 14.8. The van der Waals surface area contributed by atoms with E-state index >= 15 is 0 Å². The number of hydrogen-bond donors (Lipinski definition) is 0. The van der Waals surface area contributed by atoms with E-state index in [0.717, 1.165) is 6.42 Å². The van der Waals surface area contributed by atoms with Crippen molar-refractivity contribution in [1.29, 1.82) is 0 Å². The van der Waals surface area contributed by atoms with Crippen LogP contribution in [0.1, 0.15) is 98.8 Å². The van der Waals surface area contributed by atoms with Crippen molar-refractivity contribution in [2.45, 2.75) is 76.3 Å². The van der Waals surface area contributed by atoms with E-state index in [9.17, 15) is 0 Å². The molecule has 4 aromatic carbocycles. The Balaban J connectivity index is 1.75. The SMILES string of the molecule is CC(C)C1=CC[C]([Zr](=[C](c2ccccc2)c2ccccc2)[CH]2c3cc(C(C)(C)C)ccc3-c3ccc(C(C)(C)C)cc32)=C1. The van der Waals surface area contributed by atoms with Crippen LogP contribution in [-0.2, 0) is 32.1 Å². The second-order valence-electron chi connectivity index (χ2n) is 14.8.